The summed E-state index contributed by atoms with van der Waals surface area (Å²) in [6.07, 6.45) is 0.828. The first kappa shape index (κ1) is 13.6. The van der Waals surface area contributed by atoms with Crippen LogP contribution in [0.25, 0.3) is 11.3 Å². The van der Waals surface area contributed by atoms with Crippen molar-refractivity contribution in [2.45, 2.75) is 13.0 Å². The van der Waals surface area contributed by atoms with E-state index in [9.17, 15) is 5.11 Å². The minimum atomic E-state index is 0.196. The number of aromatic nitrogens is 2. The van der Waals surface area contributed by atoms with Crippen LogP contribution in [0, 0.1) is 4.77 Å². The van der Waals surface area contributed by atoms with Crippen molar-refractivity contribution < 1.29 is 5.11 Å². The predicted octanol–water partition coefficient (Wildman–Crippen LogP) is 4.16. The van der Waals surface area contributed by atoms with E-state index in [1.807, 2.05) is 48.5 Å². The molecule has 0 aliphatic carbocycles. The van der Waals surface area contributed by atoms with Crippen molar-refractivity contribution >= 4 is 12.2 Å². The maximum absolute atomic E-state index is 10.4. The van der Waals surface area contributed by atoms with Gasteiger partial charge in [0.25, 0.3) is 0 Å². The summed E-state index contributed by atoms with van der Waals surface area (Å²) in [7, 11) is 0. The van der Waals surface area contributed by atoms with Gasteiger partial charge in [0.15, 0.2) is 4.77 Å². The highest BCUT2D eigenvalue weighted by atomic mass is 32.1. The van der Waals surface area contributed by atoms with Crippen molar-refractivity contribution in [3.05, 3.63) is 71.0 Å². The second-order valence-corrected chi connectivity index (χ2v) is 5.27. The average Bonchev–Trinajstić information content (AvgIpc) is 2.82. The van der Waals surface area contributed by atoms with E-state index in [0.717, 1.165) is 12.0 Å². The summed E-state index contributed by atoms with van der Waals surface area (Å²) in [5, 5.41) is 10.4. The maximum atomic E-state index is 10.4. The molecule has 0 saturated carbocycles. The molecular weight excluding hydrogens is 280 g/mol. The zero-order valence-electron chi connectivity index (χ0n) is 11.5. The van der Waals surface area contributed by atoms with Crippen molar-refractivity contribution in [1.29, 1.82) is 0 Å². The van der Waals surface area contributed by atoms with Crippen LogP contribution < -0.4 is 0 Å². The van der Waals surface area contributed by atoms with E-state index in [0.29, 0.717) is 17.0 Å². The smallest absolute Gasteiger partial charge is 0.218 e. The number of aromatic hydroxyl groups is 1. The van der Waals surface area contributed by atoms with Crippen LogP contribution in [0.3, 0.4) is 0 Å². The summed E-state index contributed by atoms with van der Waals surface area (Å²) in [4.78, 5) is 3.09. The van der Waals surface area contributed by atoms with Gasteiger partial charge in [0, 0.05) is 12.1 Å². The molecule has 21 heavy (non-hydrogen) atoms. The second kappa shape index (κ2) is 5.97. The molecule has 0 amide bonds. The quantitative estimate of drug-likeness (QED) is 0.710. The molecule has 106 valence electrons. The molecule has 3 rings (SSSR count). The average molecular weight is 296 g/mol. The van der Waals surface area contributed by atoms with Crippen LogP contribution in [0.1, 0.15) is 5.56 Å². The number of rotatable bonds is 4. The molecule has 2 N–H and O–H groups in total. The van der Waals surface area contributed by atoms with Crippen LogP contribution in [0.2, 0.25) is 0 Å². The molecule has 3 nitrogen and oxygen atoms in total. The fraction of sp³-hybridized carbons (Fsp3) is 0.118. The van der Waals surface area contributed by atoms with Crippen LogP contribution in [0.5, 0.6) is 5.88 Å². The van der Waals surface area contributed by atoms with Gasteiger partial charge in [0.2, 0.25) is 5.88 Å². The van der Waals surface area contributed by atoms with Crippen molar-refractivity contribution in [1.82, 2.24) is 9.55 Å². The fourth-order valence-electron chi connectivity index (χ4n) is 2.36. The highest BCUT2D eigenvalue weighted by Crippen LogP contribution is 2.28. The third-order valence-electron chi connectivity index (χ3n) is 3.49. The van der Waals surface area contributed by atoms with Gasteiger partial charge in [0.05, 0.1) is 0 Å². The van der Waals surface area contributed by atoms with Crippen molar-refractivity contribution in [2.75, 3.05) is 0 Å². The van der Waals surface area contributed by atoms with Crippen molar-refractivity contribution in [3.63, 3.8) is 0 Å². The van der Waals surface area contributed by atoms with Crippen molar-refractivity contribution in [2.24, 2.45) is 0 Å². The molecule has 4 heteroatoms. The van der Waals surface area contributed by atoms with Gasteiger partial charge in [-0.1, -0.05) is 60.7 Å². The first-order valence-corrected chi connectivity index (χ1v) is 7.27. The highest BCUT2D eigenvalue weighted by molar-refractivity contribution is 7.71. The summed E-state index contributed by atoms with van der Waals surface area (Å²) < 4.78 is 2.28. The number of aromatic amines is 1. The number of hydrogen-bond acceptors (Lipinski definition) is 2. The van der Waals surface area contributed by atoms with Crippen LogP contribution in [0.15, 0.2) is 60.7 Å². The molecule has 0 aliphatic heterocycles. The monoisotopic (exact) mass is 296 g/mol. The van der Waals surface area contributed by atoms with Crippen LogP contribution in [0.4, 0.5) is 0 Å². The Morgan fingerprint density at radius 1 is 0.952 bits per heavy atom. The van der Waals surface area contributed by atoms with Gasteiger partial charge < -0.3 is 10.1 Å². The number of H-pyrrole nitrogens is 1. The number of nitrogens with zero attached hydrogens (tertiary/aromatic N) is 1. The van der Waals surface area contributed by atoms with E-state index in [-0.39, 0.29) is 5.88 Å². The lowest BCUT2D eigenvalue weighted by atomic mass is 10.1. The molecule has 0 radical (unpaired) electrons. The summed E-state index contributed by atoms with van der Waals surface area (Å²) >= 11 is 5.32. The highest BCUT2D eigenvalue weighted by Gasteiger charge is 2.12. The molecule has 0 spiro atoms. The van der Waals surface area contributed by atoms with Crippen LogP contribution in [-0.4, -0.2) is 14.7 Å². The second-order valence-electron chi connectivity index (χ2n) is 4.88. The Kier molecular flexibility index (Phi) is 3.88. The summed E-state index contributed by atoms with van der Waals surface area (Å²) in [5.41, 5.74) is 2.83. The minimum Gasteiger partial charge on any atom is -0.493 e. The Bertz CT molecular complexity index is 776. The molecule has 2 aromatic carbocycles. The van der Waals surface area contributed by atoms with Gasteiger partial charge in [0.1, 0.15) is 5.69 Å². The normalized spacial score (nSPS) is 10.7. The number of nitrogens with one attached hydrogen (secondary N) is 1. The Labute approximate surface area is 128 Å². The molecule has 3 aromatic rings. The first-order chi connectivity index (χ1) is 10.3. The van der Waals surface area contributed by atoms with Crippen LogP contribution >= 0.6 is 12.2 Å². The molecule has 0 saturated heterocycles. The zero-order chi connectivity index (χ0) is 14.7. The molecule has 1 heterocycles. The fourth-order valence-corrected chi connectivity index (χ4v) is 2.64. The van der Waals surface area contributed by atoms with Gasteiger partial charge in [-0.05, 0) is 24.2 Å². The number of benzene rings is 2. The van der Waals surface area contributed by atoms with Gasteiger partial charge >= 0.3 is 0 Å². The van der Waals surface area contributed by atoms with Crippen molar-refractivity contribution in [3.8, 4) is 17.1 Å². The van der Waals surface area contributed by atoms with Gasteiger partial charge in [-0.25, -0.2) is 0 Å². The molecule has 0 bridgehead atoms. The molecule has 0 unspecified atom stereocenters. The molecule has 0 atom stereocenters. The molecular formula is C17H16N2OS. The largest absolute Gasteiger partial charge is 0.493 e. The lowest BCUT2D eigenvalue weighted by Gasteiger charge is -2.05. The summed E-state index contributed by atoms with van der Waals surface area (Å²) in [6.45, 7) is 0.651. The summed E-state index contributed by atoms with van der Waals surface area (Å²) in [5.74, 6) is 0.196. The van der Waals surface area contributed by atoms with Gasteiger partial charge in [-0.3, -0.25) is 4.57 Å². The zero-order valence-corrected chi connectivity index (χ0v) is 12.3. The number of hydrogen-bond donors (Lipinski definition) is 2. The lowest BCUT2D eigenvalue weighted by molar-refractivity contribution is 0.417. The third-order valence-corrected chi connectivity index (χ3v) is 3.81. The Hall–Kier alpha value is -2.33. The number of aryl methyl sites for hydroxylation is 1. The van der Waals surface area contributed by atoms with E-state index < -0.39 is 0 Å². The van der Waals surface area contributed by atoms with Crippen LogP contribution in [-0.2, 0) is 13.0 Å². The minimum absolute atomic E-state index is 0.196. The predicted molar refractivity (Wildman–Crippen MR) is 86.9 cm³/mol. The van der Waals surface area contributed by atoms with Gasteiger partial charge in [-0.15, -0.1) is 0 Å². The van der Waals surface area contributed by atoms with E-state index in [1.165, 1.54) is 5.56 Å². The molecule has 1 aromatic heterocycles. The molecule has 0 fully saturated rings. The van der Waals surface area contributed by atoms with E-state index in [4.69, 9.17) is 12.2 Å². The third kappa shape index (κ3) is 2.90. The van der Waals surface area contributed by atoms with E-state index in [2.05, 4.69) is 17.1 Å². The Morgan fingerprint density at radius 3 is 2.24 bits per heavy atom. The standard InChI is InChI=1S/C17H16N2OS/c20-16-15(14-9-5-2-6-10-14)18-17(21)19(16)12-11-13-7-3-1-4-8-13/h1-10,20H,11-12H2,(H,18,21). The summed E-state index contributed by atoms with van der Waals surface area (Å²) in [6, 6.07) is 19.9. The Morgan fingerprint density at radius 2 is 1.57 bits per heavy atom. The van der Waals surface area contributed by atoms with E-state index >= 15 is 0 Å². The lowest BCUT2D eigenvalue weighted by Crippen LogP contribution is -2.00. The topological polar surface area (TPSA) is 40.9 Å². The first-order valence-electron chi connectivity index (χ1n) is 6.87. The Balaban J connectivity index is 1.87. The van der Waals surface area contributed by atoms with E-state index in [1.54, 1.807) is 4.57 Å². The SMILES string of the molecule is Oc1c(-c2ccccc2)[nH]c(=S)n1CCc1ccccc1. The maximum Gasteiger partial charge on any atom is 0.218 e. The number of imidazole rings is 1. The molecule has 0 aliphatic rings. The van der Waals surface area contributed by atoms with Gasteiger partial charge in [-0.2, -0.15) is 0 Å².